The Morgan fingerprint density at radius 3 is 2.65 bits per heavy atom. The summed E-state index contributed by atoms with van der Waals surface area (Å²) in [5.74, 6) is -0.874. The van der Waals surface area contributed by atoms with Crippen molar-refractivity contribution in [3.8, 4) is 0 Å². The summed E-state index contributed by atoms with van der Waals surface area (Å²) in [4.78, 5) is 0. The number of rotatable bonds is 5. The molecule has 4 N–H and O–H groups in total. The third-order valence-electron chi connectivity index (χ3n) is 2.23. The molecule has 0 bridgehead atoms. The molecule has 0 saturated carbocycles. The Balaban J connectivity index is 2.84. The molecule has 17 heavy (non-hydrogen) atoms. The molecule has 0 unspecified atom stereocenters. The minimum atomic E-state index is -3.34. The van der Waals surface area contributed by atoms with E-state index in [2.05, 4.69) is 4.72 Å². The van der Waals surface area contributed by atoms with Crippen LogP contribution in [0.25, 0.3) is 0 Å². The van der Waals surface area contributed by atoms with Gasteiger partial charge in [0.25, 0.3) is 0 Å². The zero-order chi connectivity index (χ0) is 13.1. The number of amidine groups is 1. The predicted molar refractivity (Wildman–Crippen MR) is 63.7 cm³/mol. The fourth-order valence-electron chi connectivity index (χ4n) is 1.15. The molecule has 0 fully saturated rings. The second-order valence-electron chi connectivity index (χ2n) is 3.44. The van der Waals surface area contributed by atoms with Gasteiger partial charge in [0, 0.05) is 17.7 Å². The van der Waals surface area contributed by atoms with Crippen molar-refractivity contribution < 1.29 is 12.8 Å². The molecule has 0 aliphatic rings. The lowest BCUT2D eigenvalue weighted by molar-refractivity contribution is 0.575. The average molecular weight is 259 g/mol. The van der Waals surface area contributed by atoms with Crippen LogP contribution in [0.15, 0.2) is 18.2 Å². The summed E-state index contributed by atoms with van der Waals surface area (Å²) in [5.41, 5.74) is 5.69. The maximum atomic E-state index is 13.5. The van der Waals surface area contributed by atoms with Crippen LogP contribution in [0, 0.1) is 11.2 Å². The van der Waals surface area contributed by atoms with Gasteiger partial charge in [-0.1, -0.05) is 12.1 Å². The maximum Gasteiger partial charge on any atom is 0.211 e. The lowest BCUT2D eigenvalue weighted by Gasteiger charge is -2.07. The topological polar surface area (TPSA) is 96.0 Å². The molecule has 0 radical (unpaired) electrons. The van der Waals surface area contributed by atoms with E-state index in [9.17, 15) is 12.8 Å². The second-order valence-corrected chi connectivity index (χ2v) is 5.54. The summed E-state index contributed by atoms with van der Waals surface area (Å²) >= 11 is 0. The summed E-state index contributed by atoms with van der Waals surface area (Å²) in [6.07, 6.45) is 0. The number of halogens is 1. The minimum Gasteiger partial charge on any atom is -0.384 e. The van der Waals surface area contributed by atoms with Crippen molar-refractivity contribution >= 4 is 15.9 Å². The fourth-order valence-corrected chi connectivity index (χ4v) is 1.73. The summed E-state index contributed by atoms with van der Waals surface area (Å²) < 4.78 is 38.1. The first kappa shape index (κ1) is 13.6. The van der Waals surface area contributed by atoms with Gasteiger partial charge in [0.05, 0.1) is 5.75 Å². The fraction of sp³-hybridized carbons (Fsp3) is 0.300. The van der Waals surface area contributed by atoms with Crippen molar-refractivity contribution in [2.75, 3.05) is 5.75 Å². The number of nitrogens with one attached hydrogen (secondary N) is 2. The van der Waals surface area contributed by atoms with Crippen LogP contribution in [0.1, 0.15) is 18.1 Å². The highest BCUT2D eigenvalue weighted by Crippen LogP contribution is 2.10. The third-order valence-corrected chi connectivity index (χ3v) is 3.57. The SMILES string of the molecule is CCS(=O)(=O)NCc1ccc(C(=N)N)cc1F. The largest absolute Gasteiger partial charge is 0.384 e. The predicted octanol–water partition coefficient (Wildman–Crippen LogP) is 0.549. The van der Waals surface area contributed by atoms with Gasteiger partial charge in [0.15, 0.2) is 0 Å². The number of nitrogen functional groups attached to an aromatic ring is 1. The average Bonchev–Trinajstić information content (AvgIpc) is 2.27. The van der Waals surface area contributed by atoms with E-state index in [1.165, 1.54) is 19.1 Å². The first-order valence-electron chi connectivity index (χ1n) is 4.96. The van der Waals surface area contributed by atoms with Crippen LogP contribution < -0.4 is 10.5 Å². The summed E-state index contributed by atoms with van der Waals surface area (Å²) in [6.45, 7) is 1.39. The van der Waals surface area contributed by atoms with Gasteiger partial charge in [0.1, 0.15) is 11.7 Å². The molecular weight excluding hydrogens is 245 g/mol. The van der Waals surface area contributed by atoms with Crippen LogP contribution in [-0.2, 0) is 16.6 Å². The van der Waals surface area contributed by atoms with Crippen molar-refractivity contribution in [3.63, 3.8) is 0 Å². The van der Waals surface area contributed by atoms with E-state index in [0.29, 0.717) is 0 Å². The van der Waals surface area contributed by atoms with Gasteiger partial charge in [-0.05, 0) is 13.0 Å². The van der Waals surface area contributed by atoms with Crippen LogP contribution in [0.3, 0.4) is 0 Å². The van der Waals surface area contributed by atoms with Crippen molar-refractivity contribution in [1.82, 2.24) is 4.72 Å². The van der Waals surface area contributed by atoms with Crippen molar-refractivity contribution in [2.24, 2.45) is 5.73 Å². The van der Waals surface area contributed by atoms with Gasteiger partial charge in [-0.25, -0.2) is 17.5 Å². The first-order valence-corrected chi connectivity index (χ1v) is 6.61. The molecule has 0 amide bonds. The molecular formula is C10H14FN3O2S. The van der Waals surface area contributed by atoms with Crippen LogP contribution in [0.2, 0.25) is 0 Å². The lowest BCUT2D eigenvalue weighted by Crippen LogP contribution is -2.25. The minimum absolute atomic E-state index is 0.0554. The Kier molecular flexibility index (Phi) is 4.19. The van der Waals surface area contributed by atoms with E-state index >= 15 is 0 Å². The van der Waals surface area contributed by atoms with Crippen molar-refractivity contribution in [2.45, 2.75) is 13.5 Å². The molecule has 0 aromatic heterocycles. The van der Waals surface area contributed by atoms with Crippen LogP contribution in [-0.4, -0.2) is 20.0 Å². The Morgan fingerprint density at radius 1 is 1.53 bits per heavy atom. The zero-order valence-corrected chi connectivity index (χ0v) is 10.1. The highest BCUT2D eigenvalue weighted by molar-refractivity contribution is 7.89. The summed E-state index contributed by atoms with van der Waals surface area (Å²) in [5, 5.41) is 7.13. The highest BCUT2D eigenvalue weighted by Gasteiger charge is 2.09. The molecule has 1 aromatic carbocycles. The number of sulfonamides is 1. The second kappa shape index (κ2) is 5.24. The van der Waals surface area contributed by atoms with Gasteiger partial charge in [-0.15, -0.1) is 0 Å². The van der Waals surface area contributed by atoms with Crippen molar-refractivity contribution in [1.29, 1.82) is 5.41 Å². The first-order chi connectivity index (χ1) is 7.85. The van der Waals surface area contributed by atoms with Gasteiger partial charge in [0.2, 0.25) is 10.0 Å². The van der Waals surface area contributed by atoms with Gasteiger partial charge in [-0.3, -0.25) is 5.41 Å². The molecule has 5 nitrogen and oxygen atoms in total. The number of nitrogens with two attached hydrogens (primary N) is 1. The van der Waals surface area contributed by atoms with Gasteiger partial charge in [-0.2, -0.15) is 0 Å². The Bertz CT molecular complexity index is 528. The van der Waals surface area contributed by atoms with Crippen LogP contribution in [0.4, 0.5) is 4.39 Å². The van der Waals surface area contributed by atoms with E-state index in [-0.39, 0.29) is 29.3 Å². The summed E-state index contributed by atoms with van der Waals surface area (Å²) in [6, 6.07) is 3.99. The molecule has 7 heteroatoms. The van der Waals surface area contributed by atoms with Gasteiger partial charge < -0.3 is 5.73 Å². The van der Waals surface area contributed by atoms with Crippen LogP contribution >= 0.6 is 0 Å². The van der Waals surface area contributed by atoms with Crippen molar-refractivity contribution in [3.05, 3.63) is 35.1 Å². The lowest BCUT2D eigenvalue weighted by atomic mass is 10.1. The maximum absolute atomic E-state index is 13.5. The molecule has 1 rings (SSSR count). The number of benzene rings is 1. The standard InChI is InChI=1S/C10H14FN3O2S/c1-2-17(15,16)14-6-8-4-3-7(10(12)13)5-9(8)11/h3-5,14H,2,6H2,1H3,(H3,12,13). The van der Waals surface area contributed by atoms with E-state index < -0.39 is 15.8 Å². The Hall–Kier alpha value is -1.47. The van der Waals surface area contributed by atoms with E-state index in [1.54, 1.807) is 0 Å². The molecule has 0 heterocycles. The quantitative estimate of drug-likeness (QED) is 0.532. The van der Waals surface area contributed by atoms with Gasteiger partial charge >= 0.3 is 0 Å². The third kappa shape index (κ3) is 3.79. The van der Waals surface area contributed by atoms with E-state index in [1.807, 2.05) is 0 Å². The normalized spacial score (nSPS) is 11.4. The molecule has 1 aromatic rings. The number of hydrogen-bond donors (Lipinski definition) is 3. The Morgan fingerprint density at radius 2 is 2.18 bits per heavy atom. The van der Waals surface area contributed by atoms with Crippen LogP contribution in [0.5, 0.6) is 0 Å². The molecule has 0 aliphatic heterocycles. The highest BCUT2D eigenvalue weighted by atomic mass is 32.2. The summed E-state index contributed by atoms with van der Waals surface area (Å²) in [7, 11) is -3.34. The number of hydrogen-bond acceptors (Lipinski definition) is 3. The Labute approximate surface area is 99.4 Å². The molecule has 0 atom stereocenters. The molecule has 0 saturated heterocycles. The zero-order valence-electron chi connectivity index (χ0n) is 9.33. The van der Waals surface area contributed by atoms with E-state index in [4.69, 9.17) is 11.1 Å². The van der Waals surface area contributed by atoms with E-state index in [0.717, 1.165) is 6.07 Å². The molecule has 94 valence electrons. The molecule has 0 spiro atoms. The molecule has 0 aliphatic carbocycles. The smallest absolute Gasteiger partial charge is 0.211 e. The monoisotopic (exact) mass is 259 g/mol.